The topological polar surface area (TPSA) is 78.5 Å². The minimum atomic E-state index is -3.70. The molecule has 4 rings (SSSR count). The molecular weight excluding hydrogens is 446 g/mol. The monoisotopic (exact) mass is 477 g/mol. The van der Waals surface area contributed by atoms with Crippen molar-refractivity contribution in [3.8, 4) is 0 Å². The van der Waals surface area contributed by atoms with Crippen molar-refractivity contribution in [1.82, 2.24) is 4.90 Å². The van der Waals surface area contributed by atoms with Gasteiger partial charge in [-0.3, -0.25) is 14.4 Å². The molecule has 0 unspecified atom stereocenters. The maximum Gasteiger partial charge on any atom is 0.261 e. The van der Waals surface area contributed by atoms with Gasteiger partial charge in [-0.25, -0.2) is 8.42 Å². The Morgan fingerprint density at radius 3 is 2.21 bits per heavy atom. The minimum Gasteiger partial charge on any atom is -0.326 e. The van der Waals surface area contributed by atoms with Crippen molar-refractivity contribution >= 4 is 27.3 Å². The van der Waals surface area contributed by atoms with E-state index in [0.717, 1.165) is 38.0 Å². The maximum absolute atomic E-state index is 12.8. The first-order valence-corrected chi connectivity index (χ1v) is 13.1. The Morgan fingerprint density at radius 1 is 0.882 bits per heavy atom. The lowest BCUT2D eigenvalue weighted by atomic mass is 9.95. The maximum atomic E-state index is 12.8. The Kier molecular flexibility index (Phi) is 7.34. The summed E-state index contributed by atoms with van der Waals surface area (Å²) < 4.78 is 27.9. The number of nitrogens with one attached hydrogen (secondary N) is 2. The average molecular weight is 478 g/mol. The van der Waals surface area contributed by atoms with Crippen LogP contribution in [-0.2, 0) is 21.4 Å². The van der Waals surface area contributed by atoms with Gasteiger partial charge >= 0.3 is 0 Å². The number of sulfonamides is 1. The van der Waals surface area contributed by atoms with Crippen molar-refractivity contribution in [2.75, 3.05) is 23.1 Å². The smallest absolute Gasteiger partial charge is 0.261 e. The first kappa shape index (κ1) is 24.0. The summed E-state index contributed by atoms with van der Waals surface area (Å²) in [7, 11) is -3.70. The van der Waals surface area contributed by atoms with E-state index in [1.165, 1.54) is 23.3 Å². The zero-order chi connectivity index (χ0) is 24.1. The molecule has 0 aromatic heterocycles. The number of piperidine rings is 1. The fraction of sp³-hybridized carbons (Fsp3) is 0.296. The Labute approximate surface area is 202 Å². The van der Waals surface area contributed by atoms with Crippen LogP contribution in [0, 0.1) is 19.8 Å². The van der Waals surface area contributed by atoms with Gasteiger partial charge in [0.2, 0.25) is 5.91 Å². The lowest BCUT2D eigenvalue weighted by Gasteiger charge is -2.31. The SMILES string of the molecule is Cc1ccc(CN2CCC(C(=O)Nc3ccc(S(=O)(=O)Nc4cccc(C)c4)cc3)CC2)cc1. The van der Waals surface area contributed by atoms with E-state index >= 15 is 0 Å². The van der Waals surface area contributed by atoms with Gasteiger partial charge < -0.3 is 5.32 Å². The molecule has 1 heterocycles. The number of aryl methyl sites for hydroxylation is 2. The van der Waals surface area contributed by atoms with Crippen LogP contribution in [0.25, 0.3) is 0 Å². The zero-order valence-corrected chi connectivity index (χ0v) is 20.4. The standard InChI is InChI=1S/C27H31N3O3S/c1-20-6-8-22(9-7-20)19-30-16-14-23(15-17-30)27(31)28-24-10-12-26(13-11-24)34(32,33)29-25-5-3-4-21(2)18-25/h3-13,18,23,29H,14-17,19H2,1-2H3,(H,28,31). The van der Waals surface area contributed by atoms with E-state index in [0.29, 0.717) is 11.4 Å². The van der Waals surface area contributed by atoms with Crippen LogP contribution in [0.15, 0.2) is 77.7 Å². The lowest BCUT2D eigenvalue weighted by Crippen LogP contribution is -2.37. The van der Waals surface area contributed by atoms with Crippen LogP contribution in [0.4, 0.5) is 11.4 Å². The van der Waals surface area contributed by atoms with E-state index in [2.05, 4.69) is 46.1 Å². The highest BCUT2D eigenvalue weighted by atomic mass is 32.2. The van der Waals surface area contributed by atoms with Crippen LogP contribution in [0.5, 0.6) is 0 Å². The van der Waals surface area contributed by atoms with Gasteiger partial charge in [0, 0.05) is 23.8 Å². The van der Waals surface area contributed by atoms with Crippen LogP contribution in [0.1, 0.15) is 29.5 Å². The van der Waals surface area contributed by atoms with E-state index in [9.17, 15) is 13.2 Å². The molecule has 2 N–H and O–H groups in total. The molecule has 178 valence electrons. The van der Waals surface area contributed by atoms with Crippen molar-refractivity contribution in [3.05, 3.63) is 89.5 Å². The Balaban J connectivity index is 1.29. The normalized spacial score (nSPS) is 15.1. The van der Waals surface area contributed by atoms with Gasteiger partial charge in [-0.2, -0.15) is 0 Å². The van der Waals surface area contributed by atoms with Crippen molar-refractivity contribution in [2.45, 2.75) is 38.1 Å². The first-order chi connectivity index (χ1) is 16.3. The van der Waals surface area contributed by atoms with E-state index in [1.54, 1.807) is 30.3 Å². The number of benzene rings is 3. The molecule has 0 atom stereocenters. The number of carbonyl (C=O) groups excluding carboxylic acids is 1. The molecule has 0 spiro atoms. The molecule has 3 aromatic carbocycles. The van der Waals surface area contributed by atoms with Gasteiger partial charge in [0.1, 0.15) is 0 Å². The van der Waals surface area contributed by atoms with Crippen molar-refractivity contribution in [3.63, 3.8) is 0 Å². The summed E-state index contributed by atoms with van der Waals surface area (Å²) in [6, 6.07) is 22.1. The summed E-state index contributed by atoms with van der Waals surface area (Å²) in [6.45, 7) is 6.66. The predicted molar refractivity (Wildman–Crippen MR) is 136 cm³/mol. The van der Waals surface area contributed by atoms with Crippen LogP contribution < -0.4 is 10.0 Å². The molecule has 0 aliphatic carbocycles. The van der Waals surface area contributed by atoms with Crippen molar-refractivity contribution in [2.24, 2.45) is 5.92 Å². The molecule has 34 heavy (non-hydrogen) atoms. The number of nitrogens with zero attached hydrogens (tertiary/aromatic N) is 1. The third kappa shape index (κ3) is 6.24. The van der Waals surface area contributed by atoms with Crippen LogP contribution in [-0.4, -0.2) is 32.3 Å². The van der Waals surface area contributed by atoms with E-state index < -0.39 is 10.0 Å². The van der Waals surface area contributed by atoms with Gasteiger partial charge in [-0.05, 0) is 87.3 Å². The number of hydrogen-bond acceptors (Lipinski definition) is 4. The predicted octanol–water partition coefficient (Wildman–Crippen LogP) is 4.95. The average Bonchev–Trinajstić information content (AvgIpc) is 2.81. The Morgan fingerprint density at radius 2 is 1.56 bits per heavy atom. The lowest BCUT2D eigenvalue weighted by molar-refractivity contribution is -0.121. The van der Waals surface area contributed by atoms with E-state index in [4.69, 9.17) is 0 Å². The van der Waals surface area contributed by atoms with E-state index in [-0.39, 0.29) is 16.7 Å². The molecule has 1 aliphatic heterocycles. The molecule has 7 heteroatoms. The molecule has 6 nitrogen and oxygen atoms in total. The zero-order valence-electron chi connectivity index (χ0n) is 19.6. The highest BCUT2D eigenvalue weighted by Gasteiger charge is 2.25. The van der Waals surface area contributed by atoms with Gasteiger partial charge in [-0.15, -0.1) is 0 Å². The summed E-state index contributed by atoms with van der Waals surface area (Å²) in [5.41, 5.74) is 4.64. The highest BCUT2D eigenvalue weighted by Crippen LogP contribution is 2.23. The highest BCUT2D eigenvalue weighted by molar-refractivity contribution is 7.92. The van der Waals surface area contributed by atoms with Gasteiger partial charge in [-0.1, -0.05) is 42.0 Å². The summed E-state index contributed by atoms with van der Waals surface area (Å²) in [6.07, 6.45) is 1.62. The number of likely N-dealkylation sites (tertiary alicyclic amines) is 1. The summed E-state index contributed by atoms with van der Waals surface area (Å²) >= 11 is 0. The number of anilines is 2. The molecule has 1 amide bonds. The van der Waals surface area contributed by atoms with E-state index in [1.807, 2.05) is 13.0 Å². The third-order valence-corrected chi connectivity index (χ3v) is 7.58. The number of carbonyl (C=O) groups is 1. The molecule has 0 bridgehead atoms. The largest absolute Gasteiger partial charge is 0.326 e. The van der Waals surface area contributed by atoms with Crippen LogP contribution >= 0.6 is 0 Å². The molecule has 1 fully saturated rings. The Bertz CT molecular complexity index is 1230. The van der Waals surface area contributed by atoms with Gasteiger partial charge in [0.15, 0.2) is 0 Å². The Hall–Kier alpha value is -3.16. The second-order valence-corrected chi connectivity index (χ2v) is 10.7. The molecule has 0 saturated carbocycles. The summed E-state index contributed by atoms with van der Waals surface area (Å²) in [5, 5.41) is 2.95. The second kappa shape index (κ2) is 10.4. The van der Waals surface area contributed by atoms with Gasteiger partial charge in [0.25, 0.3) is 10.0 Å². The molecule has 1 aliphatic rings. The molecule has 1 saturated heterocycles. The van der Waals surface area contributed by atoms with Gasteiger partial charge in [0.05, 0.1) is 4.90 Å². The van der Waals surface area contributed by atoms with Crippen LogP contribution in [0.2, 0.25) is 0 Å². The molecule has 0 radical (unpaired) electrons. The second-order valence-electron chi connectivity index (χ2n) is 9.02. The van der Waals surface area contributed by atoms with Crippen molar-refractivity contribution < 1.29 is 13.2 Å². The molecular formula is C27H31N3O3S. The first-order valence-electron chi connectivity index (χ1n) is 11.6. The number of amides is 1. The fourth-order valence-corrected chi connectivity index (χ4v) is 5.24. The summed E-state index contributed by atoms with van der Waals surface area (Å²) in [4.78, 5) is 15.3. The third-order valence-electron chi connectivity index (χ3n) is 6.19. The minimum absolute atomic E-state index is 0.0107. The number of hydrogen-bond donors (Lipinski definition) is 2. The number of rotatable bonds is 7. The quantitative estimate of drug-likeness (QED) is 0.504. The summed E-state index contributed by atoms with van der Waals surface area (Å²) in [5.74, 6) is -0.0517. The van der Waals surface area contributed by atoms with Crippen LogP contribution in [0.3, 0.4) is 0 Å². The van der Waals surface area contributed by atoms with Crippen molar-refractivity contribution in [1.29, 1.82) is 0 Å². The fourth-order valence-electron chi connectivity index (χ4n) is 4.19. The molecule has 3 aromatic rings.